The van der Waals surface area contributed by atoms with Crippen LogP contribution in [0.15, 0.2) is 6.33 Å². The summed E-state index contributed by atoms with van der Waals surface area (Å²) in [5, 5.41) is 3.97. The smallest absolute Gasteiger partial charge is 0.322 e. The first-order valence-corrected chi connectivity index (χ1v) is 6.04. The average Bonchev–Trinajstić information content (AvgIpc) is 2.69. The predicted octanol–water partition coefficient (Wildman–Crippen LogP) is -0.0613. The molecule has 0 aliphatic carbocycles. The first-order chi connectivity index (χ1) is 7.65. The molecule has 0 saturated carbocycles. The first-order valence-electron chi connectivity index (χ1n) is 4.89. The second kappa shape index (κ2) is 6.49. The number of hydrogen-bond donors (Lipinski definition) is 1. The molecule has 16 heavy (non-hydrogen) atoms. The van der Waals surface area contributed by atoms with E-state index in [0.717, 1.165) is 17.3 Å². The lowest BCUT2D eigenvalue weighted by Gasteiger charge is -2.08. The summed E-state index contributed by atoms with van der Waals surface area (Å²) in [7, 11) is 3.19. The zero-order chi connectivity index (χ0) is 12.0. The molecule has 0 saturated heterocycles. The van der Waals surface area contributed by atoms with Gasteiger partial charge in [-0.3, -0.25) is 9.48 Å². The number of nitrogens with zero attached hydrogens (tertiary/aromatic N) is 3. The summed E-state index contributed by atoms with van der Waals surface area (Å²) in [4.78, 5) is 15.1. The van der Waals surface area contributed by atoms with Gasteiger partial charge in [-0.2, -0.15) is 16.9 Å². The average molecular weight is 244 g/mol. The highest BCUT2D eigenvalue weighted by Gasteiger charge is 2.12. The van der Waals surface area contributed by atoms with Crippen LogP contribution in [0.3, 0.4) is 0 Å². The molecule has 0 aliphatic rings. The maximum absolute atomic E-state index is 11.0. The van der Waals surface area contributed by atoms with Gasteiger partial charge in [0, 0.05) is 7.05 Å². The maximum Gasteiger partial charge on any atom is 0.322 e. The molecule has 0 radical (unpaired) electrons. The van der Waals surface area contributed by atoms with Crippen LogP contribution in [0.1, 0.15) is 12.2 Å². The molecule has 6 nitrogen and oxygen atoms in total. The Morgan fingerprint density at radius 3 is 3.06 bits per heavy atom. The number of nitrogens with two attached hydrogens (primary N) is 1. The summed E-state index contributed by atoms with van der Waals surface area (Å²) in [6.07, 6.45) is 2.13. The number of methoxy groups -OCH3 is 1. The molecule has 1 aromatic rings. The highest BCUT2D eigenvalue weighted by atomic mass is 32.2. The molecule has 1 unspecified atom stereocenters. The van der Waals surface area contributed by atoms with Crippen LogP contribution in [0.5, 0.6) is 0 Å². The Kier molecular flexibility index (Phi) is 5.27. The van der Waals surface area contributed by atoms with Crippen LogP contribution in [-0.2, 0) is 22.3 Å². The molecule has 1 aromatic heterocycles. The van der Waals surface area contributed by atoms with E-state index in [1.165, 1.54) is 13.4 Å². The zero-order valence-electron chi connectivity index (χ0n) is 9.42. The molecule has 90 valence electrons. The van der Waals surface area contributed by atoms with E-state index in [2.05, 4.69) is 14.8 Å². The van der Waals surface area contributed by atoms with Gasteiger partial charge in [0.15, 0.2) is 0 Å². The van der Waals surface area contributed by atoms with E-state index < -0.39 is 6.04 Å². The summed E-state index contributed by atoms with van der Waals surface area (Å²) in [6, 6.07) is -0.531. The fourth-order valence-corrected chi connectivity index (χ4v) is 2.10. The minimum atomic E-state index is -0.531. The molecule has 0 amide bonds. The van der Waals surface area contributed by atoms with Crippen molar-refractivity contribution in [2.75, 3.05) is 12.9 Å². The Bertz CT molecular complexity index is 342. The second-order valence-corrected chi connectivity index (χ2v) is 4.38. The Hall–Kier alpha value is -1.08. The van der Waals surface area contributed by atoms with E-state index in [9.17, 15) is 4.79 Å². The van der Waals surface area contributed by atoms with E-state index in [0.29, 0.717) is 6.42 Å². The molecule has 1 heterocycles. The molecule has 7 heteroatoms. The first kappa shape index (κ1) is 13.0. The minimum Gasteiger partial charge on any atom is -0.468 e. The lowest BCUT2D eigenvalue weighted by molar-refractivity contribution is -0.142. The highest BCUT2D eigenvalue weighted by molar-refractivity contribution is 7.98. The number of carbonyl (C=O) groups excluding carboxylic acids is 1. The molecular weight excluding hydrogens is 228 g/mol. The van der Waals surface area contributed by atoms with Gasteiger partial charge in [-0.05, 0) is 12.2 Å². The number of rotatable bonds is 6. The lowest BCUT2D eigenvalue weighted by Crippen LogP contribution is -2.32. The molecule has 0 spiro atoms. The van der Waals surface area contributed by atoms with Crippen LogP contribution < -0.4 is 5.73 Å². The molecule has 1 rings (SSSR count). The van der Waals surface area contributed by atoms with Crippen molar-refractivity contribution in [2.24, 2.45) is 12.8 Å². The molecule has 0 fully saturated rings. The van der Waals surface area contributed by atoms with Crippen molar-refractivity contribution in [3.63, 3.8) is 0 Å². The molecule has 2 N–H and O–H groups in total. The van der Waals surface area contributed by atoms with E-state index in [1.54, 1.807) is 16.4 Å². The summed E-state index contributed by atoms with van der Waals surface area (Å²) in [5.74, 6) is 2.11. The Balaban J connectivity index is 2.17. The molecule has 0 bridgehead atoms. The van der Waals surface area contributed by atoms with Crippen molar-refractivity contribution in [3.05, 3.63) is 12.2 Å². The van der Waals surface area contributed by atoms with Gasteiger partial charge in [-0.25, -0.2) is 4.98 Å². The van der Waals surface area contributed by atoms with Crippen LogP contribution in [0.25, 0.3) is 0 Å². The van der Waals surface area contributed by atoms with Crippen LogP contribution in [-0.4, -0.2) is 39.6 Å². The number of ether oxygens (including phenoxy) is 1. The monoisotopic (exact) mass is 244 g/mol. The normalized spacial score (nSPS) is 12.4. The van der Waals surface area contributed by atoms with Crippen LogP contribution >= 0.6 is 11.8 Å². The lowest BCUT2D eigenvalue weighted by atomic mass is 10.2. The third kappa shape index (κ3) is 3.82. The molecule has 1 atom stereocenters. The second-order valence-electron chi connectivity index (χ2n) is 3.27. The van der Waals surface area contributed by atoms with Gasteiger partial charge in [-0.15, -0.1) is 0 Å². The number of carbonyl (C=O) groups is 1. The van der Waals surface area contributed by atoms with Crippen molar-refractivity contribution in [1.29, 1.82) is 0 Å². The fourth-order valence-electron chi connectivity index (χ4n) is 1.09. The fraction of sp³-hybridized carbons (Fsp3) is 0.667. The summed E-state index contributed by atoms with van der Waals surface area (Å²) in [6.45, 7) is 0. The molecule has 0 aromatic carbocycles. The number of esters is 1. The van der Waals surface area contributed by atoms with Gasteiger partial charge in [0.2, 0.25) is 0 Å². The van der Waals surface area contributed by atoms with Crippen molar-refractivity contribution in [1.82, 2.24) is 14.8 Å². The van der Waals surface area contributed by atoms with E-state index in [1.807, 2.05) is 7.05 Å². The number of aromatic nitrogens is 3. The Labute approximate surface area is 98.6 Å². The highest BCUT2D eigenvalue weighted by Crippen LogP contribution is 2.11. The number of thioether (sulfide) groups is 1. The maximum atomic E-state index is 11.0. The van der Waals surface area contributed by atoms with Crippen molar-refractivity contribution < 1.29 is 9.53 Å². The van der Waals surface area contributed by atoms with Crippen molar-refractivity contribution in [2.45, 2.75) is 18.2 Å². The largest absolute Gasteiger partial charge is 0.468 e. The van der Waals surface area contributed by atoms with Crippen molar-refractivity contribution in [3.8, 4) is 0 Å². The third-order valence-corrected chi connectivity index (χ3v) is 3.10. The Morgan fingerprint density at radius 1 is 1.75 bits per heavy atom. The number of aryl methyl sites for hydroxylation is 1. The Morgan fingerprint density at radius 2 is 2.50 bits per heavy atom. The standard InChI is InChI=1S/C9H16N4O2S/c1-13-8(11-6-12-13)5-16-4-3-7(10)9(14)15-2/h6-7H,3-5,10H2,1-2H3. The molecular formula is C9H16N4O2S. The van der Waals surface area contributed by atoms with Gasteiger partial charge in [0.05, 0.1) is 12.9 Å². The summed E-state index contributed by atoms with van der Waals surface area (Å²) >= 11 is 1.67. The molecule has 0 aliphatic heterocycles. The SMILES string of the molecule is COC(=O)C(N)CCSCc1ncnn1C. The van der Waals surface area contributed by atoms with Gasteiger partial charge in [0.1, 0.15) is 18.2 Å². The zero-order valence-corrected chi connectivity index (χ0v) is 10.2. The van der Waals surface area contributed by atoms with E-state index in [4.69, 9.17) is 5.73 Å². The van der Waals surface area contributed by atoms with Gasteiger partial charge in [0.25, 0.3) is 0 Å². The summed E-state index contributed by atoms with van der Waals surface area (Å²) in [5.41, 5.74) is 5.60. The van der Waals surface area contributed by atoms with Gasteiger partial charge >= 0.3 is 5.97 Å². The minimum absolute atomic E-state index is 0.362. The number of hydrogen-bond acceptors (Lipinski definition) is 6. The third-order valence-electron chi connectivity index (χ3n) is 2.11. The summed E-state index contributed by atoms with van der Waals surface area (Å²) < 4.78 is 6.26. The van der Waals surface area contributed by atoms with Crippen LogP contribution in [0, 0.1) is 0 Å². The van der Waals surface area contributed by atoms with Crippen molar-refractivity contribution >= 4 is 17.7 Å². The van der Waals surface area contributed by atoms with Crippen LogP contribution in [0.2, 0.25) is 0 Å². The van der Waals surface area contributed by atoms with E-state index in [-0.39, 0.29) is 5.97 Å². The van der Waals surface area contributed by atoms with Crippen LogP contribution in [0.4, 0.5) is 0 Å². The van der Waals surface area contributed by atoms with Gasteiger partial charge < -0.3 is 10.5 Å². The quantitative estimate of drug-likeness (QED) is 0.557. The predicted molar refractivity (Wildman–Crippen MR) is 61.8 cm³/mol. The topological polar surface area (TPSA) is 83.0 Å². The van der Waals surface area contributed by atoms with E-state index >= 15 is 0 Å². The van der Waals surface area contributed by atoms with Gasteiger partial charge in [-0.1, -0.05) is 0 Å².